The van der Waals surface area contributed by atoms with Gasteiger partial charge in [-0.05, 0) is 62.6 Å². The molecule has 0 aromatic heterocycles. The zero-order valence-electron chi connectivity index (χ0n) is 26.1. The number of ether oxygens (including phenoxy) is 2. The summed E-state index contributed by atoms with van der Waals surface area (Å²) in [5.41, 5.74) is 1.13. The summed E-state index contributed by atoms with van der Waals surface area (Å²) in [6, 6.07) is 22.8. The quantitative estimate of drug-likeness (QED) is 0.148. The minimum atomic E-state index is -4.22. The first kappa shape index (κ1) is 33.6. The first-order chi connectivity index (χ1) is 22.2. The third kappa shape index (κ3) is 7.63. The predicted octanol–water partition coefficient (Wildman–Crippen LogP) is 4.62. The number of aryl methyl sites for hydroxylation is 1. The Morgan fingerprint density at radius 1 is 0.957 bits per heavy atom. The van der Waals surface area contributed by atoms with Crippen LogP contribution in [0.4, 0.5) is 4.79 Å². The van der Waals surface area contributed by atoms with E-state index in [2.05, 4.69) is 5.32 Å². The van der Waals surface area contributed by atoms with E-state index in [9.17, 15) is 27.0 Å². The summed E-state index contributed by atoms with van der Waals surface area (Å²) < 4.78 is 55.5. The molecular formula is C34H34N2O9S2. The van der Waals surface area contributed by atoms with Crippen molar-refractivity contribution in [2.75, 3.05) is 5.75 Å². The molecule has 0 spiro atoms. The van der Waals surface area contributed by atoms with Gasteiger partial charge >= 0.3 is 22.2 Å². The summed E-state index contributed by atoms with van der Waals surface area (Å²) >= 11 is 0. The number of esters is 1. The highest BCUT2D eigenvalue weighted by Gasteiger charge is 2.57. The molecule has 2 heterocycles. The molecule has 1 N–H and O–H groups in total. The van der Waals surface area contributed by atoms with Gasteiger partial charge < -0.3 is 19.0 Å². The van der Waals surface area contributed by atoms with Gasteiger partial charge in [0.1, 0.15) is 33.9 Å². The molecule has 2 aliphatic heterocycles. The molecule has 3 atom stereocenters. The summed E-state index contributed by atoms with van der Waals surface area (Å²) in [5, 5.41) is 1.36. The van der Waals surface area contributed by atoms with Crippen LogP contribution in [0.25, 0.3) is 0 Å². The summed E-state index contributed by atoms with van der Waals surface area (Å²) in [6.07, 6.45) is 0.285. The Labute approximate surface area is 275 Å². The summed E-state index contributed by atoms with van der Waals surface area (Å²) in [7, 11) is -6.04. The fourth-order valence-corrected chi connectivity index (χ4v) is 7.47. The zero-order chi connectivity index (χ0) is 33.9. The molecule has 3 aromatic carbocycles. The average Bonchev–Trinajstić information content (AvgIpc) is 3.02. The van der Waals surface area contributed by atoms with Crippen molar-refractivity contribution in [1.29, 1.82) is 0 Å². The molecule has 0 saturated carbocycles. The van der Waals surface area contributed by atoms with Crippen LogP contribution in [0.5, 0.6) is 0 Å². The van der Waals surface area contributed by atoms with Gasteiger partial charge in [0.15, 0.2) is 6.10 Å². The van der Waals surface area contributed by atoms with Crippen molar-refractivity contribution in [2.45, 2.75) is 55.7 Å². The Kier molecular flexibility index (Phi) is 9.68. The van der Waals surface area contributed by atoms with Gasteiger partial charge in [-0.25, -0.2) is 9.59 Å². The third-order valence-electron chi connectivity index (χ3n) is 7.21. The van der Waals surface area contributed by atoms with E-state index in [-0.39, 0.29) is 21.9 Å². The number of allylic oxidation sites excluding steroid dienone is 1. The van der Waals surface area contributed by atoms with Crippen molar-refractivity contribution in [1.82, 2.24) is 10.2 Å². The van der Waals surface area contributed by atoms with E-state index >= 15 is 0 Å². The van der Waals surface area contributed by atoms with E-state index in [1.165, 1.54) is 18.2 Å². The Bertz CT molecular complexity index is 1810. The molecule has 5 rings (SSSR count). The maximum atomic E-state index is 14.1. The van der Waals surface area contributed by atoms with Crippen molar-refractivity contribution < 1.29 is 40.7 Å². The molecule has 1 fully saturated rings. The normalized spacial score (nSPS) is 19.6. The minimum absolute atomic E-state index is 0.0487. The second kappa shape index (κ2) is 13.5. The van der Waals surface area contributed by atoms with Crippen LogP contribution in [0.2, 0.25) is 0 Å². The average molecular weight is 679 g/mol. The fourth-order valence-electron chi connectivity index (χ4n) is 5.05. The highest BCUT2D eigenvalue weighted by molar-refractivity contribution is 7.87. The van der Waals surface area contributed by atoms with Crippen LogP contribution in [0.3, 0.4) is 0 Å². The molecule has 47 heavy (non-hydrogen) atoms. The van der Waals surface area contributed by atoms with Gasteiger partial charge in [0.2, 0.25) is 0 Å². The van der Waals surface area contributed by atoms with Crippen LogP contribution in [0.1, 0.15) is 43.6 Å². The molecule has 2 amide bonds. The van der Waals surface area contributed by atoms with Crippen molar-refractivity contribution in [3.05, 3.63) is 125 Å². The molecule has 13 heteroatoms. The van der Waals surface area contributed by atoms with Gasteiger partial charge in [-0.3, -0.25) is 13.9 Å². The van der Waals surface area contributed by atoms with Gasteiger partial charge in [0.25, 0.3) is 5.91 Å². The Hall–Kier alpha value is -4.75. The largest absolute Gasteiger partial charge is 0.448 e. The van der Waals surface area contributed by atoms with E-state index in [1.54, 1.807) is 81.4 Å². The minimum Gasteiger partial charge on any atom is -0.448 e. The molecule has 246 valence electrons. The number of hydrogen-bond donors (Lipinski definition) is 1. The van der Waals surface area contributed by atoms with Crippen molar-refractivity contribution >= 4 is 38.9 Å². The lowest BCUT2D eigenvalue weighted by Gasteiger charge is -2.49. The van der Waals surface area contributed by atoms with Crippen molar-refractivity contribution in [3.63, 3.8) is 0 Å². The van der Waals surface area contributed by atoms with Gasteiger partial charge in [0, 0.05) is 0 Å². The number of fused-ring (bicyclic) bond motifs is 1. The van der Waals surface area contributed by atoms with Gasteiger partial charge in [-0.15, -0.1) is 0 Å². The number of hydrogen-bond acceptors (Lipinski definition) is 9. The molecule has 11 nitrogen and oxygen atoms in total. The SMILES string of the molecule is Cc1ccc(S(=O)(=O)O/C=C/C2=C(C(=O)OC(c3ccccc3)c3ccccc3)N3C(=O)[C@@H](NC(=O)OC(C)(C)C)[C@@H]3S(=O)C2)cc1. The molecular weight excluding hydrogens is 645 g/mol. The number of alkyl carbamates (subject to hydrolysis) is 1. The molecule has 3 aromatic rings. The Morgan fingerprint density at radius 2 is 1.53 bits per heavy atom. The topological polar surface area (TPSA) is 145 Å². The van der Waals surface area contributed by atoms with Gasteiger partial charge in [-0.2, -0.15) is 8.42 Å². The van der Waals surface area contributed by atoms with E-state index in [1.807, 2.05) is 19.1 Å². The maximum Gasteiger partial charge on any atom is 0.408 e. The van der Waals surface area contributed by atoms with Crippen molar-refractivity contribution in [3.8, 4) is 0 Å². The first-order valence-electron chi connectivity index (χ1n) is 14.7. The van der Waals surface area contributed by atoms with Crippen LogP contribution in [0.15, 0.2) is 113 Å². The highest BCUT2D eigenvalue weighted by Crippen LogP contribution is 2.38. The smallest absolute Gasteiger partial charge is 0.408 e. The van der Waals surface area contributed by atoms with Crippen molar-refractivity contribution in [2.24, 2.45) is 0 Å². The standard InChI is InChI=1S/C34H34N2O9S2/c1-22-15-17-26(18-16-22)47(41,42)43-20-19-25-21-46(40)31-27(35-33(39)45-34(2,3)4)30(37)36(31)28(25)32(38)44-29(23-11-7-5-8-12-23)24-13-9-6-10-14-24/h5-20,27,29,31H,21H2,1-4H3,(H,35,39)/b20-19+/t27-,31+,46?/m1/s1. The van der Waals surface area contributed by atoms with Gasteiger partial charge in [-0.1, -0.05) is 78.4 Å². The number of rotatable bonds is 9. The van der Waals surface area contributed by atoms with Gasteiger partial charge in [0.05, 0.1) is 16.6 Å². The number of carbonyl (C=O) groups excluding carboxylic acids is 3. The predicted molar refractivity (Wildman–Crippen MR) is 173 cm³/mol. The number of amides is 2. The maximum absolute atomic E-state index is 14.1. The summed E-state index contributed by atoms with van der Waals surface area (Å²) in [4.78, 5) is 41.0. The van der Waals surface area contributed by atoms with E-state index < -0.39 is 62.0 Å². The number of β-lactam (4-membered cyclic amide) rings is 1. The number of carbonyl (C=O) groups is 3. The number of nitrogens with one attached hydrogen (secondary N) is 1. The molecule has 2 aliphatic rings. The van der Waals surface area contributed by atoms with E-state index in [0.29, 0.717) is 11.1 Å². The van der Waals surface area contributed by atoms with E-state index in [0.717, 1.165) is 16.7 Å². The van der Waals surface area contributed by atoms with E-state index in [4.69, 9.17) is 13.7 Å². The molecule has 1 saturated heterocycles. The third-order valence-corrected chi connectivity index (χ3v) is 10.0. The van der Waals surface area contributed by atoms with Crippen LogP contribution < -0.4 is 5.32 Å². The van der Waals surface area contributed by atoms with Crippen LogP contribution >= 0.6 is 0 Å². The van der Waals surface area contributed by atoms with Crippen LogP contribution in [0, 0.1) is 6.92 Å². The summed E-state index contributed by atoms with van der Waals surface area (Å²) in [5.74, 6) is -1.90. The zero-order valence-corrected chi connectivity index (χ0v) is 27.7. The highest BCUT2D eigenvalue weighted by atomic mass is 32.2. The lowest BCUT2D eigenvalue weighted by atomic mass is 10.0. The molecule has 0 aliphatic carbocycles. The fraction of sp³-hybridized carbons (Fsp3) is 0.265. The first-order valence-corrected chi connectivity index (χ1v) is 17.4. The number of nitrogens with zero attached hydrogens (tertiary/aromatic N) is 1. The lowest BCUT2D eigenvalue weighted by molar-refractivity contribution is -0.153. The monoisotopic (exact) mass is 678 g/mol. The molecule has 1 unspecified atom stereocenters. The summed E-state index contributed by atoms with van der Waals surface area (Å²) in [6.45, 7) is 6.79. The number of benzene rings is 3. The van der Waals surface area contributed by atoms with Crippen LogP contribution in [-0.4, -0.2) is 58.3 Å². The second-order valence-electron chi connectivity index (χ2n) is 11.9. The molecule has 0 bridgehead atoms. The molecule has 0 radical (unpaired) electrons. The lowest BCUT2D eigenvalue weighted by Crippen LogP contribution is -2.73. The van der Waals surface area contributed by atoms with Crippen LogP contribution in [-0.2, 0) is 44.2 Å². The second-order valence-corrected chi connectivity index (χ2v) is 15.0. The Morgan fingerprint density at radius 3 is 2.09 bits per heavy atom. The Balaban J connectivity index is 1.49.